The molecule has 0 N–H and O–H groups in total. The van der Waals surface area contributed by atoms with Crippen LogP contribution in [0.3, 0.4) is 0 Å². The molecule has 92 valence electrons. The Balaban J connectivity index is 1.74. The Labute approximate surface area is 106 Å². The molecule has 2 unspecified atom stereocenters. The molecule has 0 aromatic heterocycles. The predicted octanol–water partition coefficient (Wildman–Crippen LogP) is 3.09. The van der Waals surface area contributed by atoms with Crippen LogP contribution in [0.1, 0.15) is 49.3 Å². The maximum Gasteiger partial charge on any atom is 0.138 e. The van der Waals surface area contributed by atoms with Gasteiger partial charge in [0.2, 0.25) is 0 Å². The van der Waals surface area contributed by atoms with Crippen LogP contribution in [0.2, 0.25) is 0 Å². The second-order valence-electron chi connectivity index (χ2n) is 5.57. The van der Waals surface area contributed by atoms with E-state index in [2.05, 4.69) is 6.07 Å². The van der Waals surface area contributed by atoms with Crippen molar-refractivity contribution in [1.82, 2.24) is 0 Å². The molecule has 1 saturated carbocycles. The largest absolute Gasteiger partial charge is 0.484 e. The van der Waals surface area contributed by atoms with E-state index in [1.807, 2.05) is 18.2 Å². The summed E-state index contributed by atoms with van der Waals surface area (Å²) < 4.78 is 12.1. The van der Waals surface area contributed by atoms with E-state index in [1.165, 1.54) is 19.3 Å². The van der Waals surface area contributed by atoms with Gasteiger partial charge in [-0.05, 0) is 43.9 Å². The molecule has 2 heterocycles. The van der Waals surface area contributed by atoms with Crippen LogP contribution >= 0.6 is 0 Å². The van der Waals surface area contributed by atoms with Gasteiger partial charge in [0.1, 0.15) is 23.6 Å². The predicted molar refractivity (Wildman–Crippen MR) is 65.2 cm³/mol. The third-order valence-electron chi connectivity index (χ3n) is 4.47. The van der Waals surface area contributed by atoms with Crippen molar-refractivity contribution < 1.29 is 9.47 Å². The molecule has 3 nitrogen and oxygen atoms in total. The van der Waals surface area contributed by atoms with Crippen molar-refractivity contribution in [3.63, 3.8) is 0 Å². The molecule has 4 rings (SSSR count). The molecule has 1 aromatic rings. The number of hydrogen-bond donors (Lipinski definition) is 0. The van der Waals surface area contributed by atoms with Gasteiger partial charge >= 0.3 is 0 Å². The number of nitrogens with zero attached hydrogens (tertiary/aromatic N) is 1. The molecule has 1 saturated heterocycles. The number of fused-ring (bicyclic) bond motifs is 4. The van der Waals surface area contributed by atoms with Crippen LogP contribution in [0.4, 0.5) is 0 Å². The van der Waals surface area contributed by atoms with Crippen LogP contribution in [-0.2, 0) is 4.74 Å². The summed E-state index contributed by atoms with van der Waals surface area (Å²) in [4.78, 5) is 0. The number of benzene rings is 1. The number of rotatable bonds is 0. The van der Waals surface area contributed by atoms with E-state index >= 15 is 0 Å². The van der Waals surface area contributed by atoms with Gasteiger partial charge in [0.25, 0.3) is 0 Å². The Kier molecular flexibility index (Phi) is 2.02. The van der Waals surface area contributed by atoms with Crippen molar-refractivity contribution in [1.29, 1.82) is 5.26 Å². The summed E-state index contributed by atoms with van der Waals surface area (Å²) in [5, 5.41) is 8.95. The van der Waals surface area contributed by atoms with Gasteiger partial charge < -0.3 is 9.47 Å². The number of ether oxygens (including phenoxy) is 2. The van der Waals surface area contributed by atoms with E-state index in [0.717, 1.165) is 24.2 Å². The van der Waals surface area contributed by atoms with Crippen molar-refractivity contribution in [2.45, 2.75) is 49.9 Å². The third-order valence-corrected chi connectivity index (χ3v) is 4.47. The van der Waals surface area contributed by atoms with Crippen molar-refractivity contribution in [3.05, 3.63) is 29.3 Å². The average molecular weight is 241 g/mol. The molecule has 0 amide bonds. The van der Waals surface area contributed by atoms with Gasteiger partial charge in [0.15, 0.2) is 0 Å². The topological polar surface area (TPSA) is 45.5 Å². The zero-order valence-electron chi connectivity index (χ0n) is 10.2. The Morgan fingerprint density at radius 3 is 2.83 bits per heavy atom. The number of epoxide rings is 1. The molecule has 1 aromatic carbocycles. The Morgan fingerprint density at radius 2 is 2.06 bits per heavy atom. The fourth-order valence-corrected chi connectivity index (χ4v) is 3.50. The smallest absolute Gasteiger partial charge is 0.138 e. The molecule has 2 fully saturated rings. The maximum atomic E-state index is 8.95. The third kappa shape index (κ3) is 1.33. The lowest BCUT2D eigenvalue weighted by atomic mass is 9.78. The van der Waals surface area contributed by atoms with E-state index in [1.54, 1.807) is 0 Å². The van der Waals surface area contributed by atoms with E-state index in [0.29, 0.717) is 5.56 Å². The van der Waals surface area contributed by atoms with Crippen molar-refractivity contribution >= 4 is 0 Å². The first kappa shape index (κ1) is 10.4. The summed E-state index contributed by atoms with van der Waals surface area (Å²) in [6.07, 6.45) is 6.37. The molecular formula is C15H15NO2. The molecule has 3 heteroatoms. The van der Waals surface area contributed by atoms with Crippen molar-refractivity contribution in [2.24, 2.45) is 0 Å². The minimum atomic E-state index is -0.0793. The van der Waals surface area contributed by atoms with E-state index < -0.39 is 0 Å². The lowest BCUT2D eigenvalue weighted by Crippen LogP contribution is -2.45. The van der Waals surface area contributed by atoms with Gasteiger partial charge in [-0.25, -0.2) is 0 Å². The van der Waals surface area contributed by atoms with Crippen molar-refractivity contribution in [2.75, 3.05) is 0 Å². The minimum Gasteiger partial charge on any atom is -0.484 e. The number of nitriles is 1. The molecular weight excluding hydrogens is 226 g/mol. The lowest BCUT2D eigenvalue weighted by Gasteiger charge is -2.39. The van der Waals surface area contributed by atoms with Crippen LogP contribution in [0.15, 0.2) is 18.2 Å². The van der Waals surface area contributed by atoms with Crippen LogP contribution in [0.25, 0.3) is 0 Å². The van der Waals surface area contributed by atoms with E-state index in [-0.39, 0.29) is 17.8 Å². The van der Waals surface area contributed by atoms with Crippen LogP contribution < -0.4 is 4.74 Å². The standard InChI is InChI=1S/C15H15NO2/c16-9-10-4-5-12-11(8-10)13-14(17-13)15(18-12)6-2-1-3-7-15/h4-5,8,13-14H,1-3,6-7H2. The first-order valence-electron chi connectivity index (χ1n) is 6.71. The highest BCUT2D eigenvalue weighted by atomic mass is 16.6. The van der Waals surface area contributed by atoms with E-state index in [9.17, 15) is 0 Å². The van der Waals surface area contributed by atoms with Gasteiger partial charge in [-0.3, -0.25) is 0 Å². The van der Waals surface area contributed by atoms with Gasteiger partial charge in [0.05, 0.1) is 11.6 Å². The fourth-order valence-electron chi connectivity index (χ4n) is 3.50. The minimum absolute atomic E-state index is 0.0793. The molecule has 1 aliphatic carbocycles. The molecule has 0 radical (unpaired) electrons. The summed E-state index contributed by atoms with van der Waals surface area (Å²) in [6, 6.07) is 7.85. The Hall–Kier alpha value is -1.53. The summed E-state index contributed by atoms with van der Waals surface area (Å²) in [5.74, 6) is 0.926. The zero-order valence-corrected chi connectivity index (χ0v) is 10.2. The Morgan fingerprint density at radius 1 is 1.22 bits per heavy atom. The molecule has 3 aliphatic rings. The average Bonchev–Trinajstić information content (AvgIpc) is 3.21. The van der Waals surface area contributed by atoms with E-state index in [4.69, 9.17) is 14.7 Å². The number of hydrogen-bond acceptors (Lipinski definition) is 3. The highest BCUT2D eigenvalue weighted by Crippen LogP contribution is 2.57. The normalized spacial score (nSPS) is 30.8. The van der Waals surface area contributed by atoms with Gasteiger partial charge in [0, 0.05) is 5.56 Å². The SMILES string of the molecule is N#Cc1ccc2c(c1)C1OC1C1(CCCCC1)O2. The highest BCUT2D eigenvalue weighted by molar-refractivity contribution is 5.48. The van der Waals surface area contributed by atoms with Gasteiger partial charge in [-0.15, -0.1) is 0 Å². The van der Waals surface area contributed by atoms with Gasteiger partial charge in [-0.2, -0.15) is 5.26 Å². The first-order valence-corrected chi connectivity index (χ1v) is 6.71. The second-order valence-corrected chi connectivity index (χ2v) is 5.57. The quantitative estimate of drug-likeness (QED) is 0.656. The van der Waals surface area contributed by atoms with Gasteiger partial charge in [-0.1, -0.05) is 6.42 Å². The highest BCUT2D eigenvalue weighted by Gasteiger charge is 2.61. The molecule has 0 bridgehead atoms. The monoisotopic (exact) mass is 241 g/mol. The summed E-state index contributed by atoms with van der Waals surface area (Å²) in [7, 11) is 0. The molecule has 2 atom stereocenters. The van der Waals surface area contributed by atoms with Crippen molar-refractivity contribution in [3.8, 4) is 11.8 Å². The van der Waals surface area contributed by atoms with Crippen LogP contribution in [0.5, 0.6) is 5.75 Å². The fraction of sp³-hybridized carbons (Fsp3) is 0.533. The summed E-state index contributed by atoms with van der Waals surface area (Å²) in [5.41, 5.74) is 1.67. The molecule has 2 aliphatic heterocycles. The van der Waals surface area contributed by atoms with Crippen LogP contribution in [-0.4, -0.2) is 11.7 Å². The maximum absolute atomic E-state index is 8.95. The summed E-state index contributed by atoms with van der Waals surface area (Å²) in [6.45, 7) is 0. The zero-order chi connectivity index (χ0) is 12.2. The molecule has 18 heavy (non-hydrogen) atoms. The Bertz CT molecular complexity index is 540. The molecule has 1 spiro atoms. The lowest BCUT2D eigenvalue weighted by molar-refractivity contribution is 0.00138. The summed E-state index contributed by atoms with van der Waals surface area (Å²) >= 11 is 0. The first-order chi connectivity index (χ1) is 8.82. The second kappa shape index (κ2) is 3.49. The van der Waals surface area contributed by atoms with Crippen LogP contribution in [0, 0.1) is 11.3 Å².